The minimum absolute atomic E-state index is 0. The van der Waals surface area contributed by atoms with E-state index in [4.69, 9.17) is 10.2 Å². The molecule has 0 radical (unpaired) electrons. The van der Waals surface area contributed by atoms with Crippen molar-refractivity contribution in [1.29, 1.82) is 0 Å². The molecule has 0 bridgehead atoms. The highest BCUT2D eigenvalue weighted by Gasteiger charge is 2.12. The van der Waals surface area contributed by atoms with Gasteiger partial charge in [0.05, 0.1) is 0 Å². The Morgan fingerprint density at radius 1 is 1.43 bits per heavy atom. The van der Waals surface area contributed by atoms with Crippen molar-refractivity contribution < 1.29 is 9.21 Å². The number of oxazole rings is 1. The molecule has 0 aliphatic heterocycles. The van der Waals surface area contributed by atoms with Crippen molar-refractivity contribution in [1.82, 2.24) is 4.98 Å². The molecule has 0 saturated carbocycles. The molecule has 3 N–H and O–H groups in total. The van der Waals surface area contributed by atoms with Gasteiger partial charge in [0.25, 0.3) is 6.01 Å². The van der Waals surface area contributed by atoms with E-state index in [0.717, 1.165) is 0 Å². The van der Waals surface area contributed by atoms with E-state index in [-0.39, 0.29) is 36.6 Å². The van der Waals surface area contributed by atoms with Crippen LogP contribution in [0, 0.1) is 5.92 Å². The number of amides is 1. The molecule has 8 heteroatoms. The van der Waals surface area contributed by atoms with Crippen molar-refractivity contribution in [2.75, 3.05) is 30.9 Å². The number of benzene rings is 1. The van der Waals surface area contributed by atoms with Gasteiger partial charge in [-0.2, -0.15) is 4.98 Å². The smallest absolute Gasteiger partial charge is 0.297 e. The molecule has 6 nitrogen and oxygen atoms in total. The second-order valence-corrected chi connectivity index (χ2v) is 4.70. The number of fused-ring (bicyclic) bond motifs is 1. The number of carbonyl (C=O) groups is 1. The third kappa shape index (κ3) is 4.49. The Kier molecular flexibility index (Phi) is 7.49. The maximum Gasteiger partial charge on any atom is 0.297 e. The molecule has 1 aromatic carbocycles. The first-order chi connectivity index (χ1) is 9.01. The lowest BCUT2D eigenvalue weighted by atomic mass is 10.1. The first-order valence-electron chi connectivity index (χ1n) is 6.10. The van der Waals surface area contributed by atoms with Crippen molar-refractivity contribution in [2.24, 2.45) is 11.7 Å². The van der Waals surface area contributed by atoms with Crippen LogP contribution >= 0.6 is 24.8 Å². The van der Waals surface area contributed by atoms with Crippen LogP contribution in [0.1, 0.15) is 6.92 Å². The highest BCUT2D eigenvalue weighted by molar-refractivity contribution is 5.94. The van der Waals surface area contributed by atoms with Gasteiger partial charge in [-0.15, -0.1) is 24.8 Å². The monoisotopic (exact) mass is 334 g/mol. The molecular formula is C13H20Cl2N4O2. The zero-order valence-electron chi connectivity index (χ0n) is 12.1. The molecule has 118 valence electrons. The van der Waals surface area contributed by atoms with Gasteiger partial charge < -0.3 is 20.4 Å². The Labute approximate surface area is 135 Å². The molecule has 0 fully saturated rings. The summed E-state index contributed by atoms with van der Waals surface area (Å²) in [6.07, 6.45) is 0. The molecule has 1 aromatic heterocycles. The van der Waals surface area contributed by atoms with E-state index < -0.39 is 0 Å². The highest BCUT2D eigenvalue weighted by atomic mass is 35.5. The third-order valence-electron chi connectivity index (χ3n) is 2.83. The van der Waals surface area contributed by atoms with Crippen LogP contribution in [-0.4, -0.2) is 31.5 Å². The van der Waals surface area contributed by atoms with Gasteiger partial charge in [0.2, 0.25) is 5.91 Å². The molecular weight excluding hydrogens is 315 g/mol. The van der Waals surface area contributed by atoms with Gasteiger partial charge >= 0.3 is 0 Å². The molecule has 1 atom stereocenters. The van der Waals surface area contributed by atoms with Crippen LogP contribution in [0.15, 0.2) is 22.6 Å². The Hall–Kier alpha value is -1.50. The van der Waals surface area contributed by atoms with E-state index in [1.54, 1.807) is 30.0 Å². The summed E-state index contributed by atoms with van der Waals surface area (Å²) in [6.45, 7) is 2.11. The van der Waals surface area contributed by atoms with Crippen molar-refractivity contribution in [3.8, 4) is 0 Å². The number of hydrogen-bond donors (Lipinski definition) is 2. The molecule has 2 aromatic rings. The third-order valence-corrected chi connectivity index (χ3v) is 2.83. The van der Waals surface area contributed by atoms with Crippen molar-refractivity contribution in [2.45, 2.75) is 6.92 Å². The van der Waals surface area contributed by atoms with E-state index >= 15 is 0 Å². The number of aromatic nitrogens is 1. The largest absolute Gasteiger partial charge is 0.423 e. The SMILES string of the molecule is CC(CN)C(=O)Nc1ccc2oc(N(C)C)nc2c1.Cl.Cl. The maximum absolute atomic E-state index is 11.7. The number of hydrogen-bond acceptors (Lipinski definition) is 5. The molecule has 21 heavy (non-hydrogen) atoms. The Morgan fingerprint density at radius 2 is 2.10 bits per heavy atom. The van der Waals surface area contributed by atoms with Crippen LogP contribution in [0.5, 0.6) is 0 Å². The van der Waals surface area contributed by atoms with Gasteiger partial charge in [0.15, 0.2) is 5.58 Å². The standard InChI is InChI=1S/C13H18N4O2.2ClH/c1-8(7-14)12(18)15-9-4-5-11-10(6-9)16-13(19-11)17(2)3;;/h4-6,8H,7,14H2,1-3H3,(H,15,18);2*1H. The summed E-state index contributed by atoms with van der Waals surface area (Å²) in [7, 11) is 3.71. The van der Waals surface area contributed by atoms with E-state index in [9.17, 15) is 4.79 Å². The number of carbonyl (C=O) groups excluding carboxylic acids is 1. The first kappa shape index (κ1) is 19.5. The molecule has 0 aliphatic carbocycles. The summed E-state index contributed by atoms with van der Waals surface area (Å²) < 4.78 is 5.54. The van der Waals surface area contributed by atoms with Gasteiger partial charge in [-0.3, -0.25) is 4.79 Å². The summed E-state index contributed by atoms with van der Waals surface area (Å²) in [4.78, 5) is 17.9. The van der Waals surface area contributed by atoms with E-state index in [1.807, 2.05) is 14.1 Å². The van der Waals surface area contributed by atoms with Crippen LogP contribution in [0.2, 0.25) is 0 Å². The number of halogens is 2. The lowest BCUT2D eigenvalue weighted by molar-refractivity contribution is -0.119. The van der Waals surface area contributed by atoms with Gasteiger partial charge in [-0.05, 0) is 18.2 Å². The van der Waals surface area contributed by atoms with Crippen LogP contribution in [0.3, 0.4) is 0 Å². The van der Waals surface area contributed by atoms with Crippen molar-refractivity contribution in [3.63, 3.8) is 0 Å². The molecule has 1 heterocycles. The van der Waals surface area contributed by atoms with Gasteiger partial charge in [0.1, 0.15) is 5.52 Å². The lowest BCUT2D eigenvalue weighted by Crippen LogP contribution is -2.26. The normalized spacial score (nSPS) is 11.2. The molecule has 1 unspecified atom stereocenters. The first-order valence-corrected chi connectivity index (χ1v) is 6.10. The highest BCUT2D eigenvalue weighted by Crippen LogP contribution is 2.23. The van der Waals surface area contributed by atoms with Gasteiger partial charge in [-0.25, -0.2) is 0 Å². The van der Waals surface area contributed by atoms with Crippen LogP contribution < -0.4 is 16.0 Å². The molecule has 0 spiro atoms. The number of anilines is 2. The number of rotatable bonds is 4. The summed E-state index contributed by atoms with van der Waals surface area (Å²) in [5, 5.41) is 2.81. The summed E-state index contributed by atoms with van der Waals surface area (Å²) in [5.41, 5.74) is 7.55. The molecule has 0 aliphatic rings. The predicted molar refractivity (Wildman–Crippen MR) is 89.7 cm³/mol. The molecule has 1 amide bonds. The number of nitrogens with two attached hydrogens (primary N) is 1. The maximum atomic E-state index is 11.7. The second kappa shape index (κ2) is 8.07. The fraction of sp³-hybridized carbons (Fsp3) is 0.385. The Morgan fingerprint density at radius 3 is 2.67 bits per heavy atom. The summed E-state index contributed by atoms with van der Waals surface area (Å²) >= 11 is 0. The number of nitrogens with one attached hydrogen (secondary N) is 1. The van der Waals surface area contributed by atoms with Crippen LogP contribution in [-0.2, 0) is 4.79 Å². The second-order valence-electron chi connectivity index (χ2n) is 4.70. The van der Waals surface area contributed by atoms with Gasteiger partial charge in [-0.1, -0.05) is 6.92 Å². The van der Waals surface area contributed by atoms with E-state index in [0.29, 0.717) is 29.3 Å². The fourth-order valence-electron chi connectivity index (χ4n) is 1.56. The summed E-state index contributed by atoms with van der Waals surface area (Å²) in [6, 6.07) is 5.90. The lowest BCUT2D eigenvalue weighted by Gasteiger charge is -2.09. The van der Waals surface area contributed by atoms with Crippen molar-refractivity contribution in [3.05, 3.63) is 18.2 Å². The number of nitrogens with zero attached hydrogens (tertiary/aromatic N) is 2. The zero-order chi connectivity index (χ0) is 14.0. The van der Waals surface area contributed by atoms with E-state index in [1.165, 1.54) is 0 Å². The topological polar surface area (TPSA) is 84.4 Å². The predicted octanol–water partition coefficient (Wildman–Crippen LogP) is 2.27. The minimum Gasteiger partial charge on any atom is -0.423 e. The van der Waals surface area contributed by atoms with E-state index in [2.05, 4.69) is 10.3 Å². The molecule has 2 rings (SSSR count). The fourth-order valence-corrected chi connectivity index (χ4v) is 1.56. The quantitative estimate of drug-likeness (QED) is 0.895. The average molecular weight is 335 g/mol. The zero-order valence-corrected chi connectivity index (χ0v) is 13.8. The minimum atomic E-state index is -0.217. The van der Waals surface area contributed by atoms with Gasteiger partial charge in [0, 0.05) is 32.2 Å². The van der Waals surface area contributed by atoms with Crippen LogP contribution in [0.25, 0.3) is 11.1 Å². The Balaban J connectivity index is 0.00000200. The van der Waals surface area contributed by atoms with Crippen molar-refractivity contribution >= 4 is 53.5 Å². The average Bonchev–Trinajstić information content (AvgIpc) is 2.81. The Bertz CT molecular complexity index is 601. The van der Waals surface area contributed by atoms with Crippen LogP contribution in [0.4, 0.5) is 11.7 Å². The molecule has 0 saturated heterocycles. The summed E-state index contributed by atoms with van der Waals surface area (Å²) in [5.74, 6) is -0.316.